The van der Waals surface area contributed by atoms with Crippen molar-refractivity contribution >= 4 is 40.1 Å². The molecule has 8 heteroatoms. The molecule has 0 saturated heterocycles. The molecule has 2 aliphatic rings. The molecule has 6 rings (SSSR count). The molecule has 0 bridgehead atoms. The van der Waals surface area contributed by atoms with Crippen LogP contribution in [0.4, 0.5) is 28.4 Å². The molecule has 4 aromatic rings. The molecular formula is C32H30N6O2. The van der Waals surface area contributed by atoms with E-state index in [4.69, 9.17) is 5.73 Å². The van der Waals surface area contributed by atoms with Crippen molar-refractivity contribution in [3.63, 3.8) is 0 Å². The number of hydrogen-bond donors (Lipinski definition) is 5. The first kappa shape index (κ1) is 25.2. The molecule has 200 valence electrons. The van der Waals surface area contributed by atoms with Crippen LogP contribution in [0.2, 0.25) is 0 Å². The SMILES string of the molecule is Cc1ccc(C(=O)C2C=C(Nc3cccc(NC(=O)c4ccc5c(c4)NCC5)c3)N(c3ccc(N)cc3)N2)cc1. The summed E-state index contributed by atoms with van der Waals surface area (Å²) in [6.07, 6.45) is 2.84. The fourth-order valence-corrected chi connectivity index (χ4v) is 4.90. The Morgan fingerprint density at radius 1 is 0.900 bits per heavy atom. The van der Waals surface area contributed by atoms with Crippen molar-refractivity contribution in [2.45, 2.75) is 19.4 Å². The lowest BCUT2D eigenvalue weighted by atomic mass is 10.0. The van der Waals surface area contributed by atoms with Gasteiger partial charge in [0.15, 0.2) is 5.78 Å². The van der Waals surface area contributed by atoms with Gasteiger partial charge >= 0.3 is 0 Å². The van der Waals surface area contributed by atoms with Crippen LogP contribution in [0, 0.1) is 6.92 Å². The summed E-state index contributed by atoms with van der Waals surface area (Å²) in [7, 11) is 0. The molecule has 1 unspecified atom stereocenters. The quantitative estimate of drug-likeness (QED) is 0.162. The van der Waals surface area contributed by atoms with E-state index in [1.54, 1.807) is 0 Å². The standard InChI is InChI=1S/C32H30N6O2/c1-20-5-7-22(8-6-20)31(39)29-19-30(38(37-29)27-13-11-24(33)12-14-27)35-25-3-2-4-26(18-25)36-32(40)23-10-9-21-15-16-34-28(21)17-23/h2-14,17-19,29,34-35,37H,15-16,33H2,1H3,(H,36,40). The third kappa shape index (κ3) is 5.25. The van der Waals surface area contributed by atoms with E-state index >= 15 is 0 Å². The van der Waals surface area contributed by atoms with Gasteiger partial charge in [-0.25, -0.2) is 5.43 Å². The minimum absolute atomic E-state index is 0.0397. The number of nitrogens with one attached hydrogen (secondary N) is 4. The van der Waals surface area contributed by atoms with Crippen LogP contribution in [0.3, 0.4) is 0 Å². The Bertz CT molecular complexity index is 1610. The molecule has 0 radical (unpaired) electrons. The third-order valence-electron chi connectivity index (χ3n) is 7.08. The molecule has 0 spiro atoms. The number of hydrazine groups is 1. The molecule has 4 aromatic carbocycles. The van der Waals surface area contributed by atoms with E-state index in [0.29, 0.717) is 28.3 Å². The Kier molecular flexibility index (Phi) is 6.67. The van der Waals surface area contributed by atoms with Crippen LogP contribution in [0.15, 0.2) is 103 Å². The van der Waals surface area contributed by atoms with E-state index < -0.39 is 6.04 Å². The highest BCUT2D eigenvalue weighted by Crippen LogP contribution is 2.28. The fourth-order valence-electron chi connectivity index (χ4n) is 4.90. The number of aryl methyl sites for hydroxylation is 1. The van der Waals surface area contributed by atoms with Gasteiger partial charge in [-0.15, -0.1) is 0 Å². The van der Waals surface area contributed by atoms with Gasteiger partial charge in [-0.1, -0.05) is 42.0 Å². The monoisotopic (exact) mass is 530 g/mol. The number of anilines is 5. The third-order valence-corrected chi connectivity index (χ3v) is 7.08. The number of ketones is 1. The number of Topliss-reactive ketones (excluding diaryl/α,β-unsaturated/α-hetero) is 1. The number of nitrogen functional groups attached to an aromatic ring is 1. The average Bonchev–Trinajstić information content (AvgIpc) is 3.60. The topological polar surface area (TPSA) is 112 Å². The Morgan fingerprint density at radius 3 is 2.45 bits per heavy atom. The molecule has 8 nitrogen and oxygen atoms in total. The maximum atomic E-state index is 13.3. The summed E-state index contributed by atoms with van der Waals surface area (Å²) in [4.78, 5) is 26.3. The molecule has 0 aliphatic carbocycles. The van der Waals surface area contributed by atoms with E-state index in [0.717, 1.165) is 35.6 Å². The molecule has 2 aliphatic heterocycles. The number of carbonyl (C=O) groups excluding carboxylic acids is 2. The summed E-state index contributed by atoms with van der Waals surface area (Å²) in [6, 6.07) is 27.6. The van der Waals surface area contributed by atoms with Crippen molar-refractivity contribution in [1.82, 2.24) is 5.43 Å². The molecule has 0 saturated carbocycles. The van der Waals surface area contributed by atoms with Gasteiger partial charge in [-0.3, -0.25) is 14.6 Å². The van der Waals surface area contributed by atoms with Gasteiger partial charge in [0.25, 0.3) is 5.91 Å². The molecule has 1 amide bonds. The number of amides is 1. The highest BCUT2D eigenvalue weighted by molar-refractivity contribution is 6.05. The van der Waals surface area contributed by atoms with Crippen molar-refractivity contribution in [2.75, 3.05) is 33.2 Å². The molecule has 0 fully saturated rings. The minimum Gasteiger partial charge on any atom is -0.399 e. The van der Waals surface area contributed by atoms with Crippen molar-refractivity contribution in [3.8, 4) is 0 Å². The van der Waals surface area contributed by atoms with Crippen molar-refractivity contribution in [3.05, 3.63) is 125 Å². The number of fused-ring (bicyclic) bond motifs is 1. The normalized spacial score (nSPS) is 15.7. The zero-order valence-corrected chi connectivity index (χ0v) is 22.1. The Balaban J connectivity index is 1.23. The van der Waals surface area contributed by atoms with E-state index in [2.05, 4.69) is 21.4 Å². The van der Waals surface area contributed by atoms with Crippen LogP contribution in [-0.2, 0) is 6.42 Å². The lowest BCUT2D eigenvalue weighted by molar-refractivity contribution is 0.0965. The van der Waals surface area contributed by atoms with Crippen molar-refractivity contribution in [1.29, 1.82) is 0 Å². The predicted octanol–water partition coefficient (Wildman–Crippen LogP) is 5.33. The molecular weight excluding hydrogens is 500 g/mol. The van der Waals surface area contributed by atoms with Gasteiger partial charge in [0.2, 0.25) is 0 Å². The fraction of sp³-hybridized carbons (Fsp3) is 0.125. The largest absolute Gasteiger partial charge is 0.399 e. The van der Waals surface area contributed by atoms with E-state index in [9.17, 15) is 9.59 Å². The summed E-state index contributed by atoms with van der Waals surface area (Å²) in [5.41, 5.74) is 16.7. The van der Waals surface area contributed by atoms with Crippen LogP contribution in [0.25, 0.3) is 0 Å². The van der Waals surface area contributed by atoms with Crippen LogP contribution >= 0.6 is 0 Å². The summed E-state index contributed by atoms with van der Waals surface area (Å²) < 4.78 is 0. The molecule has 2 heterocycles. The number of carbonyl (C=O) groups is 2. The van der Waals surface area contributed by atoms with Gasteiger partial charge < -0.3 is 21.7 Å². The summed E-state index contributed by atoms with van der Waals surface area (Å²) >= 11 is 0. The Hall–Kier alpha value is -5.08. The molecule has 40 heavy (non-hydrogen) atoms. The van der Waals surface area contributed by atoms with Gasteiger partial charge in [-0.2, -0.15) is 0 Å². The van der Waals surface area contributed by atoms with Crippen LogP contribution in [-0.4, -0.2) is 24.3 Å². The van der Waals surface area contributed by atoms with E-state index in [1.807, 2.05) is 109 Å². The number of rotatable bonds is 7. The van der Waals surface area contributed by atoms with Crippen LogP contribution in [0.5, 0.6) is 0 Å². The van der Waals surface area contributed by atoms with Gasteiger partial charge in [0, 0.05) is 40.4 Å². The number of benzene rings is 4. The lowest BCUT2D eigenvalue weighted by Gasteiger charge is -2.24. The first-order chi connectivity index (χ1) is 19.4. The summed E-state index contributed by atoms with van der Waals surface area (Å²) in [5.74, 6) is 0.466. The molecule has 0 aromatic heterocycles. The second-order valence-electron chi connectivity index (χ2n) is 10.0. The van der Waals surface area contributed by atoms with Crippen molar-refractivity contribution in [2.24, 2.45) is 0 Å². The Labute approximate surface area is 232 Å². The first-order valence-electron chi connectivity index (χ1n) is 13.2. The number of nitrogens with two attached hydrogens (primary N) is 1. The van der Waals surface area contributed by atoms with Crippen LogP contribution < -0.4 is 32.1 Å². The lowest BCUT2D eigenvalue weighted by Crippen LogP contribution is -2.42. The second kappa shape index (κ2) is 10.6. The van der Waals surface area contributed by atoms with Gasteiger partial charge in [-0.05, 0) is 79.6 Å². The van der Waals surface area contributed by atoms with E-state index in [-0.39, 0.29) is 11.7 Å². The summed E-state index contributed by atoms with van der Waals surface area (Å²) in [6.45, 7) is 2.88. The summed E-state index contributed by atoms with van der Waals surface area (Å²) in [5, 5.41) is 11.6. The highest BCUT2D eigenvalue weighted by Gasteiger charge is 2.30. The van der Waals surface area contributed by atoms with E-state index in [1.165, 1.54) is 5.56 Å². The Morgan fingerprint density at radius 2 is 1.65 bits per heavy atom. The maximum absolute atomic E-state index is 13.3. The average molecular weight is 531 g/mol. The van der Waals surface area contributed by atoms with Gasteiger partial charge in [0.1, 0.15) is 11.9 Å². The maximum Gasteiger partial charge on any atom is 0.255 e. The predicted molar refractivity (Wildman–Crippen MR) is 161 cm³/mol. The number of hydrogen-bond acceptors (Lipinski definition) is 7. The van der Waals surface area contributed by atoms with Gasteiger partial charge in [0.05, 0.1) is 5.69 Å². The zero-order chi connectivity index (χ0) is 27.6. The highest BCUT2D eigenvalue weighted by atomic mass is 16.1. The smallest absolute Gasteiger partial charge is 0.255 e. The van der Waals surface area contributed by atoms with Crippen LogP contribution in [0.1, 0.15) is 31.8 Å². The van der Waals surface area contributed by atoms with Crippen molar-refractivity contribution < 1.29 is 9.59 Å². The second-order valence-corrected chi connectivity index (χ2v) is 10.0. The molecule has 6 N–H and O–H groups in total. The first-order valence-corrected chi connectivity index (χ1v) is 13.2. The number of nitrogens with zero attached hydrogens (tertiary/aromatic N) is 1. The molecule has 1 atom stereocenters. The minimum atomic E-state index is -0.570. The zero-order valence-electron chi connectivity index (χ0n) is 22.1.